The summed E-state index contributed by atoms with van der Waals surface area (Å²) in [4.78, 5) is 14.6. The van der Waals surface area contributed by atoms with Crippen molar-refractivity contribution in [2.24, 2.45) is 0 Å². The lowest BCUT2D eigenvalue weighted by atomic mass is 10.3. The summed E-state index contributed by atoms with van der Waals surface area (Å²) in [5, 5.41) is 6.34. The average Bonchev–Trinajstić information content (AvgIpc) is 2.51. The van der Waals surface area contributed by atoms with Crippen molar-refractivity contribution in [1.82, 2.24) is 19.9 Å². The van der Waals surface area contributed by atoms with Crippen molar-refractivity contribution in [1.29, 1.82) is 0 Å². The van der Waals surface area contributed by atoms with Crippen LogP contribution in [-0.2, 0) is 0 Å². The van der Waals surface area contributed by atoms with Crippen LogP contribution in [0.1, 0.15) is 5.69 Å². The Kier molecular flexibility index (Phi) is 5.11. The number of hydrogen-bond acceptors (Lipinski definition) is 7. The molecule has 0 atom stereocenters. The molecule has 0 saturated carbocycles. The predicted molar refractivity (Wildman–Crippen MR) is 88.9 cm³/mol. The van der Waals surface area contributed by atoms with Crippen molar-refractivity contribution >= 4 is 23.0 Å². The molecule has 0 aliphatic heterocycles. The maximum absolute atomic E-state index is 5.92. The summed E-state index contributed by atoms with van der Waals surface area (Å²) >= 11 is 0. The molecule has 0 spiro atoms. The van der Waals surface area contributed by atoms with E-state index in [-0.39, 0.29) is 0 Å². The molecule has 0 aromatic carbocycles. The third-order valence-corrected chi connectivity index (χ3v) is 2.87. The van der Waals surface area contributed by atoms with E-state index in [4.69, 9.17) is 12.2 Å². The SMILES string of the molecule is C#Cc1cnc(Nc2cc(NCCN(C)C)c(N)cn2)cn1. The summed E-state index contributed by atoms with van der Waals surface area (Å²) in [5.41, 5.74) is 7.83. The molecular weight excluding hydrogens is 278 g/mol. The van der Waals surface area contributed by atoms with Crippen molar-refractivity contribution in [2.75, 3.05) is 43.6 Å². The first kappa shape index (κ1) is 15.5. The Labute approximate surface area is 130 Å². The number of terminal acetylenes is 1. The Hall–Kier alpha value is -2.85. The average molecular weight is 297 g/mol. The van der Waals surface area contributed by atoms with Gasteiger partial charge in [-0.25, -0.2) is 15.0 Å². The second kappa shape index (κ2) is 7.24. The van der Waals surface area contributed by atoms with Crippen molar-refractivity contribution in [2.45, 2.75) is 0 Å². The first-order valence-corrected chi connectivity index (χ1v) is 6.78. The molecule has 0 fully saturated rings. The Balaban J connectivity index is 2.06. The van der Waals surface area contributed by atoms with Gasteiger partial charge >= 0.3 is 0 Å². The fraction of sp³-hybridized carbons (Fsp3) is 0.267. The quantitative estimate of drug-likeness (QED) is 0.689. The zero-order valence-electron chi connectivity index (χ0n) is 12.7. The van der Waals surface area contributed by atoms with E-state index < -0.39 is 0 Å². The maximum atomic E-state index is 5.92. The molecule has 4 N–H and O–H groups in total. The number of hydrogen-bond donors (Lipinski definition) is 3. The highest BCUT2D eigenvalue weighted by atomic mass is 15.1. The van der Waals surface area contributed by atoms with Crippen LogP contribution >= 0.6 is 0 Å². The lowest BCUT2D eigenvalue weighted by Gasteiger charge is -2.14. The number of rotatable bonds is 6. The van der Waals surface area contributed by atoms with Crippen LogP contribution < -0.4 is 16.4 Å². The minimum atomic E-state index is 0.488. The Morgan fingerprint density at radius 1 is 1.18 bits per heavy atom. The second-order valence-corrected chi connectivity index (χ2v) is 4.94. The molecule has 0 bridgehead atoms. The van der Waals surface area contributed by atoms with E-state index in [0.717, 1.165) is 18.8 Å². The number of nitrogen functional groups attached to an aromatic ring is 1. The fourth-order valence-electron chi connectivity index (χ4n) is 1.70. The molecule has 7 heteroatoms. The van der Waals surface area contributed by atoms with Gasteiger partial charge in [0.1, 0.15) is 17.3 Å². The molecule has 2 aromatic rings. The highest BCUT2D eigenvalue weighted by Gasteiger charge is 2.04. The number of nitrogens with two attached hydrogens (primary N) is 1. The van der Waals surface area contributed by atoms with Gasteiger partial charge in [0.15, 0.2) is 0 Å². The topological polar surface area (TPSA) is 92.0 Å². The molecule has 114 valence electrons. The van der Waals surface area contributed by atoms with E-state index in [9.17, 15) is 0 Å². The van der Waals surface area contributed by atoms with Crippen LogP contribution in [-0.4, -0.2) is 47.0 Å². The van der Waals surface area contributed by atoms with Gasteiger partial charge in [0.2, 0.25) is 0 Å². The monoisotopic (exact) mass is 297 g/mol. The normalized spacial score (nSPS) is 10.3. The van der Waals surface area contributed by atoms with Gasteiger partial charge in [0, 0.05) is 19.2 Å². The van der Waals surface area contributed by atoms with Crippen LogP contribution in [0.15, 0.2) is 24.7 Å². The van der Waals surface area contributed by atoms with Gasteiger partial charge in [-0.3, -0.25) is 0 Å². The van der Waals surface area contributed by atoms with Crippen molar-refractivity contribution in [3.05, 3.63) is 30.4 Å². The van der Waals surface area contributed by atoms with Crippen LogP contribution in [0.3, 0.4) is 0 Å². The van der Waals surface area contributed by atoms with Crippen LogP contribution in [0.25, 0.3) is 0 Å². The number of nitrogens with zero attached hydrogens (tertiary/aromatic N) is 4. The Morgan fingerprint density at radius 3 is 2.59 bits per heavy atom. The van der Waals surface area contributed by atoms with Crippen LogP contribution in [0.5, 0.6) is 0 Å². The second-order valence-electron chi connectivity index (χ2n) is 4.94. The van der Waals surface area contributed by atoms with Crippen LogP contribution in [0, 0.1) is 12.3 Å². The summed E-state index contributed by atoms with van der Waals surface area (Å²) in [6.07, 6.45) is 9.93. The largest absolute Gasteiger partial charge is 0.396 e. The molecule has 0 saturated heterocycles. The van der Waals surface area contributed by atoms with Gasteiger partial charge in [-0.2, -0.15) is 0 Å². The van der Waals surface area contributed by atoms with Gasteiger partial charge in [0.25, 0.3) is 0 Å². The molecule has 22 heavy (non-hydrogen) atoms. The van der Waals surface area contributed by atoms with Gasteiger partial charge < -0.3 is 21.3 Å². The number of likely N-dealkylation sites (N-methyl/N-ethyl adjacent to an activating group) is 1. The lowest BCUT2D eigenvalue weighted by Crippen LogP contribution is -2.21. The zero-order chi connectivity index (χ0) is 15.9. The standard InChI is InChI=1S/C15H19N7/c1-4-11-8-19-15(10-18-11)21-14-7-13(12(16)9-20-14)17-5-6-22(2)3/h1,7-10H,5-6,16H2,2-3H3,(H2,17,19,20,21). The summed E-state index contributed by atoms with van der Waals surface area (Å²) in [6, 6.07) is 1.84. The van der Waals surface area contributed by atoms with Gasteiger partial charge in [-0.05, 0) is 20.0 Å². The van der Waals surface area contributed by atoms with E-state index in [1.165, 1.54) is 6.20 Å². The third-order valence-electron chi connectivity index (χ3n) is 2.87. The number of pyridine rings is 1. The minimum Gasteiger partial charge on any atom is -0.396 e. The van der Waals surface area contributed by atoms with E-state index in [0.29, 0.717) is 23.0 Å². The molecule has 2 rings (SSSR count). The van der Waals surface area contributed by atoms with E-state index >= 15 is 0 Å². The van der Waals surface area contributed by atoms with Gasteiger partial charge in [-0.15, -0.1) is 6.42 Å². The first-order valence-electron chi connectivity index (χ1n) is 6.78. The first-order chi connectivity index (χ1) is 10.6. The zero-order valence-corrected chi connectivity index (χ0v) is 12.7. The highest BCUT2D eigenvalue weighted by Crippen LogP contribution is 2.22. The predicted octanol–water partition coefficient (Wildman–Crippen LogP) is 1.15. The summed E-state index contributed by atoms with van der Waals surface area (Å²) in [6.45, 7) is 1.70. The molecule has 0 radical (unpaired) electrons. The van der Waals surface area contributed by atoms with Gasteiger partial charge in [-0.1, -0.05) is 0 Å². The third kappa shape index (κ3) is 4.33. The molecule has 2 heterocycles. The van der Waals surface area contributed by atoms with E-state index in [1.54, 1.807) is 12.4 Å². The lowest BCUT2D eigenvalue weighted by molar-refractivity contribution is 0.425. The molecule has 0 aliphatic rings. The Morgan fingerprint density at radius 2 is 1.95 bits per heavy atom. The molecule has 2 aromatic heterocycles. The van der Waals surface area contributed by atoms with Gasteiger partial charge in [0.05, 0.1) is 30.0 Å². The van der Waals surface area contributed by atoms with E-state index in [2.05, 4.69) is 36.4 Å². The number of anilines is 4. The molecule has 0 aliphatic carbocycles. The molecule has 0 unspecified atom stereocenters. The number of nitrogens with one attached hydrogen (secondary N) is 2. The highest BCUT2D eigenvalue weighted by molar-refractivity contribution is 5.70. The summed E-state index contributed by atoms with van der Waals surface area (Å²) in [7, 11) is 4.03. The van der Waals surface area contributed by atoms with Crippen molar-refractivity contribution in [3.8, 4) is 12.3 Å². The smallest absolute Gasteiger partial charge is 0.150 e. The molecule has 0 amide bonds. The summed E-state index contributed by atoms with van der Waals surface area (Å²) in [5.74, 6) is 3.61. The van der Waals surface area contributed by atoms with Crippen LogP contribution in [0.2, 0.25) is 0 Å². The Bertz CT molecular complexity index is 659. The molecular formula is C15H19N7. The van der Waals surface area contributed by atoms with Crippen molar-refractivity contribution < 1.29 is 0 Å². The maximum Gasteiger partial charge on any atom is 0.150 e. The van der Waals surface area contributed by atoms with E-state index in [1.807, 2.05) is 20.2 Å². The van der Waals surface area contributed by atoms with Crippen molar-refractivity contribution in [3.63, 3.8) is 0 Å². The molecule has 7 nitrogen and oxygen atoms in total. The number of aromatic nitrogens is 3. The fourth-order valence-corrected chi connectivity index (χ4v) is 1.70. The minimum absolute atomic E-state index is 0.488. The summed E-state index contributed by atoms with van der Waals surface area (Å²) < 4.78 is 0. The van der Waals surface area contributed by atoms with Crippen LogP contribution in [0.4, 0.5) is 23.0 Å².